The molecule has 1 aliphatic heterocycles. The fourth-order valence-electron chi connectivity index (χ4n) is 3.07. The molecule has 1 aromatic heterocycles. The summed E-state index contributed by atoms with van der Waals surface area (Å²) >= 11 is 1.74. The first-order chi connectivity index (χ1) is 11.2. The Morgan fingerprint density at radius 1 is 1.22 bits per heavy atom. The van der Waals surface area contributed by atoms with Crippen molar-refractivity contribution in [1.29, 1.82) is 0 Å². The van der Waals surface area contributed by atoms with Crippen molar-refractivity contribution >= 4 is 38.3 Å². The molecule has 4 rings (SSSR count). The van der Waals surface area contributed by atoms with Crippen LogP contribution < -0.4 is 10.2 Å². The topological polar surface area (TPSA) is 45.2 Å². The molecular formula is C18H17N3OS. The van der Waals surface area contributed by atoms with Gasteiger partial charge in [-0.15, -0.1) is 0 Å². The highest BCUT2D eigenvalue weighted by atomic mass is 32.1. The fraction of sp³-hybridized carbons (Fsp3) is 0.222. The first-order valence-electron chi connectivity index (χ1n) is 7.69. The van der Waals surface area contributed by atoms with Crippen LogP contribution >= 0.6 is 11.3 Å². The summed E-state index contributed by atoms with van der Waals surface area (Å²) in [6.45, 7) is 3.31. The van der Waals surface area contributed by atoms with Crippen LogP contribution in [0.25, 0.3) is 10.2 Å². The van der Waals surface area contributed by atoms with E-state index in [-0.39, 0.29) is 5.91 Å². The number of carbonyl (C=O) groups is 1. The van der Waals surface area contributed by atoms with Crippen LogP contribution in [0.15, 0.2) is 42.5 Å². The molecule has 116 valence electrons. The highest BCUT2D eigenvalue weighted by molar-refractivity contribution is 7.22. The number of para-hydroxylation sites is 1. The van der Waals surface area contributed by atoms with Gasteiger partial charge in [-0.1, -0.05) is 35.6 Å². The lowest BCUT2D eigenvalue weighted by atomic mass is 9.98. The summed E-state index contributed by atoms with van der Waals surface area (Å²) in [5, 5.41) is 4.01. The summed E-state index contributed by atoms with van der Waals surface area (Å²) in [4.78, 5) is 18.4. The molecule has 0 saturated heterocycles. The third-order valence-electron chi connectivity index (χ3n) is 4.13. The predicted molar refractivity (Wildman–Crippen MR) is 95.1 cm³/mol. The van der Waals surface area contributed by atoms with E-state index in [9.17, 15) is 4.79 Å². The smallest absolute Gasteiger partial charge is 0.221 e. The third-order valence-corrected chi connectivity index (χ3v) is 5.23. The molecule has 5 heteroatoms. The van der Waals surface area contributed by atoms with Crippen LogP contribution in [0.3, 0.4) is 0 Å². The molecule has 0 saturated carbocycles. The van der Waals surface area contributed by atoms with E-state index in [0.717, 1.165) is 35.8 Å². The Bertz CT molecular complexity index is 854. The van der Waals surface area contributed by atoms with Crippen LogP contribution in [0.1, 0.15) is 18.1 Å². The number of hydrogen-bond donors (Lipinski definition) is 1. The predicted octanol–water partition coefficient (Wildman–Crippen LogP) is 3.82. The quantitative estimate of drug-likeness (QED) is 0.780. The molecule has 0 spiro atoms. The molecular weight excluding hydrogens is 306 g/mol. The number of carbonyl (C=O) groups excluding carboxylic acids is 1. The number of amides is 1. The SMILES string of the molecule is CC(=O)Nc1cccc2c1CCN(c1nc3ccccc3s1)C2. The van der Waals surface area contributed by atoms with E-state index in [0.29, 0.717) is 0 Å². The highest BCUT2D eigenvalue weighted by Crippen LogP contribution is 2.33. The normalized spacial score (nSPS) is 13.9. The molecule has 1 aliphatic rings. The number of hydrogen-bond acceptors (Lipinski definition) is 4. The molecule has 0 fully saturated rings. The van der Waals surface area contributed by atoms with Crippen molar-refractivity contribution in [3.63, 3.8) is 0 Å². The molecule has 1 amide bonds. The van der Waals surface area contributed by atoms with Gasteiger partial charge in [0, 0.05) is 25.7 Å². The summed E-state index contributed by atoms with van der Waals surface area (Å²) in [5.74, 6) is -0.0213. The van der Waals surface area contributed by atoms with Gasteiger partial charge in [0.05, 0.1) is 10.2 Å². The second kappa shape index (κ2) is 5.66. The zero-order chi connectivity index (χ0) is 15.8. The Kier molecular flexibility index (Phi) is 3.50. The Morgan fingerprint density at radius 2 is 2.09 bits per heavy atom. The van der Waals surface area contributed by atoms with E-state index in [1.807, 2.05) is 18.2 Å². The minimum absolute atomic E-state index is 0.0213. The number of nitrogens with one attached hydrogen (secondary N) is 1. The van der Waals surface area contributed by atoms with Crippen molar-refractivity contribution in [2.45, 2.75) is 19.9 Å². The zero-order valence-electron chi connectivity index (χ0n) is 12.9. The van der Waals surface area contributed by atoms with Gasteiger partial charge in [-0.2, -0.15) is 0 Å². The molecule has 0 atom stereocenters. The molecule has 4 nitrogen and oxygen atoms in total. The number of aromatic nitrogens is 1. The minimum Gasteiger partial charge on any atom is -0.343 e. The van der Waals surface area contributed by atoms with Crippen LogP contribution in [0.2, 0.25) is 0 Å². The summed E-state index contributed by atoms with van der Waals surface area (Å²) in [6.07, 6.45) is 0.918. The summed E-state index contributed by atoms with van der Waals surface area (Å²) < 4.78 is 1.22. The molecule has 2 heterocycles. The lowest BCUT2D eigenvalue weighted by Crippen LogP contribution is -2.30. The summed E-state index contributed by atoms with van der Waals surface area (Å²) in [6, 6.07) is 14.4. The maximum absolute atomic E-state index is 11.4. The van der Waals surface area contributed by atoms with Gasteiger partial charge >= 0.3 is 0 Å². The van der Waals surface area contributed by atoms with Crippen LogP contribution in [0, 0.1) is 0 Å². The largest absolute Gasteiger partial charge is 0.343 e. The van der Waals surface area contributed by atoms with E-state index in [1.54, 1.807) is 18.3 Å². The zero-order valence-corrected chi connectivity index (χ0v) is 13.7. The van der Waals surface area contributed by atoms with Gasteiger partial charge in [0.1, 0.15) is 0 Å². The van der Waals surface area contributed by atoms with Gasteiger partial charge < -0.3 is 10.2 Å². The Hall–Kier alpha value is -2.40. The average Bonchev–Trinajstić information content (AvgIpc) is 2.98. The van der Waals surface area contributed by atoms with Crippen molar-refractivity contribution < 1.29 is 4.79 Å². The van der Waals surface area contributed by atoms with Crippen LogP contribution in [-0.2, 0) is 17.8 Å². The average molecular weight is 323 g/mol. The molecule has 3 aromatic rings. The van der Waals surface area contributed by atoms with Crippen molar-refractivity contribution in [1.82, 2.24) is 4.98 Å². The molecule has 0 aliphatic carbocycles. The highest BCUT2D eigenvalue weighted by Gasteiger charge is 2.21. The van der Waals surface area contributed by atoms with Gasteiger partial charge in [0.2, 0.25) is 5.91 Å². The maximum atomic E-state index is 11.4. The maximum Gasteiger partial charge on any atom is 0.221 e. The number of thiazole rings is 1. The second-order valence-corrected chi connectivity index (χ2v) is 6.77. The van der Waals surface area contributed by atoms with Gasteiger partial charge in [0.25, 0.3) is 0 Å². The van der Waals surface area contributed by atoms with E-state index < -0.39 is 0 Å². The first kappa shape index (κ1) is 14.2. The van der Waals surface area contributed by atoms with Gasteiger partial charge in [-0.3, -0.25) is 4.79 Å². The van der Waals surface area contributed by atoms with Crippen molar-refractivity contribution in [2.24, 2.45) is 0 Å². The Balaban J connectivity index is 1.65. The van der Waals surface area contributed by atoms with E-state index in [1.165, 1.54) is 15.8 Å². The minimum atomic E-state index is -0.0213. The monoisotopic (exact) mass is 323 g/mol. The molecule has 23 heavy (non-hydrogen) atoms. The number of nitrogens with zero attached hydrogens (tertiary/aromatic N) is 2. The molecule has 0 radical (unpaired) electrons. The van der Waals surface area contributed by atoms with Gasteiger partial charge in [-0.05, 0) is 35.7 Å². The lowest BCUT2D eigenvalue weighted by Gasteiger charge is -2.29. The van der Waals surface area contributed by atoms with Gasteiger partial charge in [-0.25, -0.2) is 4.98 Å². The van der Waals surface area contributed by atoms with Crippen LogP contribution in [-0.4, -0.2) is 17.4 Å². The fourth-order valence-corrected chi connectivity index (χ4v) is 4.07. The third kappa shape index (κ3) is 2.68. The van der Waals surface area contributed by atoms with Crippen LogP contribution in [0.4, 0.5) is 10.8 Å². The lowest BCUT2D eigenvalue weighted by molar-refractivity contribution is -0.114. The second-order valence-electron chi connectivity index (χ2n) is 5.76. The molecule has 0 unspecified atom stereocenters. The van der Waals surface area contributed by atoms with Crippen molar-refractivity contribution in [2.75, 3.05) is 16.8 Å². The number of fused-ring (bicyclic) bond motifs is 2. The van der Waals surface area contributed by atoms with Crippen molar-refractivity contribution in [3.8, 4) is 0 Å². The van der Waals surface area contributed by atoms with E-state index in [4.69, 9.17) is 4.98 Å². The molecule has 0 bridgehead atoms. The number of anilines is 2. The Labute approximate surface area is 138 Å². The number of benzene rings is 2. The standard InChI is InChI=1S/C18H17N3OS/c1-12(22)19-15-7-4-5-13-11-21(10-9-14(13)15)18-20-16-6-2-3-8-17(16)23-18/h2-8H,9-11H2,1H3,(H,19,22). The summed E-state index contributed by atoms with van der Waals surface area (Å²) in [7, 11) is 0. The number of rotatable bonds is 2. The van der Waals surface area contributed by atoms with Gasteiger partial charge in [0.15, 0.2) is 5.13 Å². The van der Waals surface area contributed by atoms with E-state index in [2.05, 4.69) is 34.5 Å². The van der Waals surface area contributed by atoms with E-state index >= 15 is 0 Å². The van der Waals surface area contributed by atoms with Crippen molar-refractivity contribution in [3.05, 3.63) is 53.6 Å². The Morgan fingerprint density at radius 3 is 2.91 bits per heavy atom. The molecule has 1 N–H and O–H groups in total. The first-order valence-corrected chi connectivity index (χ1v) is 8.51. The molecule has 2 aromatic carbocycles. The van der Waals surface area contributed by atoms with Crippen LogP contribution in [0.5, 0.6) is 0 Å². The summed E-state index contributed by atoms with van der Waals surface area (Å²) in [5.41, 5.74) is 4.52.